The summed E-state index contributed by atoms with van der Waals surface area (Å²) in [5.74, 6) is -0.464. The number of carbonyl (C=O) groups excluding carboxylic acids is 2. The van der Waals surface area contributed by atoms with Crippen molar-refractivity contribution in [3.63, 3.8) is 0 Å². The van der Waals surface area contributed by atoms with E-state index in [1.807, 2.05) is 13.8 Å². The first-order valence-corrected chi connectivity index (χ1v) is 6.43. The number of carbonyl (C=O) groups is 2. The molecular formula is C14H18N2O3. The summed E-state index contributed by atoms with van der Waals surface area (Å²) in [4.78, 5) is 25.8. The molecular weight excluding hydrogens is 244 g/mol. The third kappa shape index (κ3) is 2.54. The molecule has 1 atom stereocenters. The first-order chi connectivity index (χ1) is 9.04. The van der Waals surface area contributed by atoms with Crippen LogP contribution in [-0.2, 0) is 4.79 Å². The highest BCUT2D eigenvalue weighted by Crippen LogP contribution is 2.22. The second-order valence-electron chi connectivity index (χ2n) is 4.73. The maximum absolute atomic E-state index is 12.5. The lowest BCUT2D eigenvalue weighted by atomic mass is 10.1. The molecule has 2 N–H and O–H groups in total. The molecule has 1 saturated heterocycles. The number of aromatic hydroxyl groups is 1. The average Bonchev–Trinajstić information content (AvgIpc) is 2.40. The van der Waals surface area contributed by atoms with E-state index in [1.165, 1.54) is 11.0 Å². The van der Waals surface area contributed by atoms with E-state index < -0.39 is 6.04 Å². The molecule has 19 heavy (non-hydrogen) atoms. The topological polar surface area (TPSA) is 69.6 Å². The summed E-state index contributed by atoms with van der Waals surface area (Å²) >= 11 is 0. The molecule has 5 nitrogen and oxygen atoms in total. The number of nitrogens with zero attached hydrogens (tertiary/aromatic N) is 1. The number of aryl methyl sites for hydroxylation is 1. The van der Waals surface area contributed by atoms with Gasteiger partial charge in [-0.15, -0.1) is 0 Å². The predicted molar refractivity (Wildman–Crippen MR) is 71.0 cm³/mol. The number of amides is 2. The molecule has 0 spiro atoms. The van der Waals surface area contributed by atoms with Crippen molar-refractivity contribution in [1.29, 1.82) is 0 Å². The fraction of sp³-hybridized carbons (Fsp3) is 0.429. The van der Waals surface area contributed by atoms with E-state index in [2.05, 4.69) is 5.32 Å². The Bertz CT molecular complexity index is 513. The molecule has 1 fully saturated rings. The van der Waals surface area contributed by atoms with Crippen molar-refractivity contribution in [3.8, 4) is 5.75 Å². The quantitative estimate of drug-likeness (QED) is 0.837. The fourth-order valence-electron chi connectivity index (χ4n) is 2.34. The third-order valence-electron chi connectivity index (χ3n) is 3.36. The second-order valence-corrected chi connectivity index (χ2v) is 4.73. The van der Waals surface area contributed by atoms with Gasteiger partial charge in [0.2, 0.25) is 5.91 Å². The van der Waals surface area contributed by atoms with Crippen LogP contribution in [0.5, 0.6) is 5.75 Å². The normalized spacial score (nSPS) is 19.2. The molecule has 0 aromatic heterocycles. The SMILES string of the molecule is CCC1C(=O)NCCN1C(=O)c1cc(C)ccc1O. The van der Waals surface area contributed by atoms with Gasteiger partial charge in [0.15, 0.2) is 0 Å². The largest absolute Gasteiger partial charge is 0.507 e. The van der Waals surface area contributed by atoms with Gasteiger partial charge in [0.05, 0.1) is 5.56 Å². The number of phenols is 1. The smallest absolute Gasteiger partial charge is 0.258 e. The lowest BCUT2D eigenvalue weighted by molar-refractivity contribution is -0.127. The van der Waals surface area contributed by atoms with Crippen molar-refractivity contribution in [2.75, 3.05) is 13.1 Å². The molecule has 1 aliphatic heterocycles. The van der Waals surface area contributed by atoms with E-state index in [9.17, 15) is 14.7 Å². The number of rotatable bonds is 2. The van der Waals surface area contributed by atoms with Gasteiger partial charge in [0.25, 0.3) is 5.91 Å². The molecule has 2 rings (SSSR count). The monoisotopic (exact) mass is 262 g/mol. The van der Waals surface area contributed by atoms with Crippen molar-refractivity contribution in [3.05, 3.63) is 29.3 Å². The van der Waals surface area contributed by atoms with Gasteiger partial charge < -0.3 is 15.3 Å². The molecule has 1 aromatic rings. The lowest BCUT2D eigenvalue weighted by Gasteiger charge is -2.34. The zero-order valence-corrected chi connectivity index (χ0v) is 11.1. The van der Waals surface area contributed by atoms with Crippen molar-refractivity contribution in [2.24, 2.45) is 0 Å². The predicted octanol–water partition coefficient (Wildman–Crippen LogP) is 1.05. The Kier molecular flexibility index (Phi) is 3.74. The number of nitrogens with one attached hydrogen (secondary N) is 1. The van der Waals surface area contributed by atoms with Crippen molar-refractivity contribution >= 4 is 11.8 Å². The Morgan fingerprint density at radius 1 is 1.53 bits per heavy atom. The molecule has 102 valence electrons. The Morgan fingerprint density at radius 3 is 2.95 bits per heavy atom. The van der Waals surface area contributed by atoms with Crippen LogP contribution in [0.25, 0.3) is 0 Å². The summed E-state index contributed by atoms with van der Waals surface area (Å²) < 4.78 is 0. The average molecular weight is 262 g/mol. The van der Waals surface area contributed by atoms with E-state index in [0.717, 1.165) is 5.56 Å². The molecule has 0 bridgehead atoms. The van der Waals surface area contributed by atoms with Gasteiger partial charge >= 0.3 is 0 Å². The number of piperazine rings is 1. The van der Waals surface area contributed by atoms with Gasteiger partial charge in [-0.25, -0.2) is 0 Å². The fourth-order valence-corrected chi connectivity index (χ4v) is 2.34. The minimum atomic E-state index is -0.457. The van der Waals surface area contributed by atoms with Crippen molar-refractivity contribution in [1.82, 2.24) is 10.2 Å². The molecule has 5 heteroatoms. The second kappa shape index (κ2) is 5.30. The number of benzene rings is 1. The summed E-state index contributed by atoms with van der Waals surface area (Å²) in [6.07, 6.45) is 0.560. The maximum atomic E-state index is 12.5. The Balaban J connectivity index is 2.32. The molecule has 1 aliphatic rings. The Hall–Kier alpha value is -2.04. The molecule has 0 radical (unpaired) electrons. The number of hydrogen-bond acceptors (Lipinski definition) is 3. The van der Waals surface area contributed by atoms with E-state index in [4.69, 9.17) is 0 Å². The van der Waals surface area contributed by atoms with Crippen LogP contribution in [0.1, 0.15) is 29.3 Å². The standard InChI is InChI=1S/C14H18N2O3/c1-3-11-13(18)15-6-7-16(11)14(19)10-8-9(2)4-5-12(10)17/h4-5,8,11,17H,3,6-7H2,1-2H3,(H,15,18). The molecule has 1 aromatic carbocycles. The van der Waals surface area contributed by atoms with E-state index in [0.29, 0.717) is 19.5 Å². The van der Waals surface area contributed by atoms with Crippen LogP contribution in [0.3, 0.4) is 0 Å². The Morgan fingerprint density at radius 2 is 2.26 bits per heavy atom. The highest BCUT2D eigenvalue weighted by Gasteiger charge is 2.32. The van der Waals surface area contributed by atoms with E-state index in [1.54, 1.807) is 12.1 Å². The zero-order chi connectivity index (χ0) is 14.0. The van der Waals surface area contributed by atoms with Gasteiger partial charge in [0, 0.05) is 13.1 Å². The van der Waals surface area contributed by atoms with Crippen LogP contribution in [0, 0.1) is 6.92 Å². The van der Waals surface area contributed by atoms with Crippen LogP contribution in [0.15, 0.2) is 18.2 Å². The molecule has 0 saturated carbocycles. The highest BCUT2D eigenvalue weighted by molar-refractivity contribution is 6.00. The van der Waals surface area contributed by atoms with Gasteiger partial charge in [0.1, 0.15) is 11.8 Å². The van der Waals surface area contributed by atoms with Crippen molar-refractivity contribution in [2.45, 2.75) is 26.3 Å². The number of hydrogen-bond donors (Lipinski definition) is 2. The van der Waals surface area contributed by atoms with E-state index in [-0.39, 0.29) is 23.1 Å². The van der Waals surface area contributed by atoms with Crippen LogP contribution >= 0.6 is 0 Å². The highest BCUT2D eigenvalue weighted by atomic mass is 16.3. The number of phenolic OH excluding ortho intramolecular Hbond substituents is 1. The summed E-state index contributed by atoms with van der Waals surface area (Å²) in [6.45, 7) is 4.65. The summed E-state index contributed by atoms with van der Waals surface area (Å²) in [5.41, 5.74) is 1.16. The zero-order valence-electron chi connectivity index (χ0n) is 11.1. The molecule has 1 heterocycles. The van der Waals surface area contributed by atoms with Crippen LogP contribution < -0.4 is 5.32 Å². The first-order valence-electron chi connectivity index (χ1n) is 6.43. The van der Waals surface area contributed by atoms with Crippen LogP contribution in [0.4, 0.5) is 0 Å². The maximum Gasteiger partial charge on any atom is 0.258 e. The summed E-state index contributed by atoms with van der Waals surface area (Å²) in [6, 6.07) is 4.44. The third-order valence-corrected chi connectivity index (χ3v) is 3.36. The van der Waals surface area contributed by atoms with Crippen molar-refractivity contribution < 1.29 is 14.7 Å². The molecule has 1 unspecified atom stereocenters. The van der Waals surface area contributed by atoms with Gasteiger partial charge in [-0.2, -0.15) is 0 Å². The van der Waals surface area contributed by atoms with Crippen LogP contribution in [0.2, 0.25) is 0 Å². The first kappa shape index (κ1) is 13.4. The van der Waals surface area contributed by atoms with Gasteiger partial charge in [-0.3, -0.25) is 9.59 Å². The lowest BCUT2D eigenvalue weighted by Crippen LogP contribution is -2.56. The minimum Gasteiger partial charge on any atom is -0.507 e. The Labute approximate surface area is 112 Å². The van der Waals surface area contributed by atoms with E-state index >= 15 is 0 Å². The summed E-state index contributed by atoms with van der Waals surface area (Å²) in [7, 11) is 0. The van der Waals surface area contributed by atoms with Crippen LogP contribution in [-0.4, -0.2) is 41.0 Å². The van der Waals surface area contributed by atoms with Gasteiger partial charge in [-0.1, -0.05) is 18.6 Å². The summed E-state index contributed by atoms with van der Waals surface area (Å²) in [5, 5.41) is 12.6. The minimum absolute atomic E-state index is 0.0450. The molecule has 0 aliphatic carbocycles. The van der Waals surface area contributed by atoms with Gasteiger partial charge in [-0.05, 0) is 25.5 Å². The molecule has 2 amide bonds.